The predicted molar refractivity (Wildman–Crippen MR) is 62.4 cm³/mol. The van der Waals surface area contributed by atoms with Crippen LogP contribution in [0.1, 0.15) is 30.1 Å². The number of Topliss-reactive ketones (excluding diaryl/α,β-unsaturated/α-hetero) is 1. The molecule has 1 aromatic rings. The average Bonchev–Trinajstić information content (AvgIpc) is 2.36. The summed E-state index contributed by atoms with van der Waals surface area (Å²) in [6.07, 6.45) is -0.663. The van der Waals surface area contributed by atoms with Crippen molar-refractivity contribution in [3.05, 3.63) is 56.1 Å². The Morgan fingerprint density at radius 2 is 1.67 bits per heavy atom. The number of nitrogens with zero attached hydrogens (tertiary/aromatic N) is 2. The molecule has 0 fully saturated rings. The van der Waals surface area contributed by atoms with E-state index < -0.39 is 21.9 Å². The number of hydrogen-bond donors (Lipinski definition) is 0. The molecule has 0 radical (unpaired) electrons. The van der Waals surface area contributed by atoms with E-state index in [0.717, 1.165) is 6.92 Å². The maximum Gasteiger partial charge on any atom is 0.456 e. The Bertz CT molecular complexity index is 458. The summed E-state index contributed by atoms with van der Waals surface area (Å²) in [6, 6.07) is 8.19. The van der Waals surface area contributed by atoms with Gasteiger partial charge < -0.3 is 0 Å². The fourth-order valence-corrected chi connectivity index (χ4v) is 1.37. The number of carbonyl (C=O) groups is 1. The molecule has 0 amide bonds. The van der Waals surface area contributed by atoms with Crippen molar-refractivity contribution in [2.24, 2.45) is 0 Å². The summed E-state index contributed by atoms with van der Waals surface area (Å²) < 4.78 is 0. The molecule has 0 aromatic heterocycles. The molecule has 7 nitrogen and oxygen atoms in total. The molecular formula is C11H12N2O5. The second-order valence-electron chi connectivity index (χ2n) is 4.02. The molecule has 0 unspecified atom stereocenters. The lowest BCUT2D eigenvalue weighted by Gasteiger charge is -2.11. The Kier molecular flexibility index (Phi) is 4.09. The van der Waals surface area contributed by atoms with Crippen LogP contribution in [0.15, 0.2) is 30.3 Å². The highest BCUT2D eigenvalue weighted by atomic mass is 16.7. The molecule has 0 atom stereocenters. The van der Waals surface area contributed by atoms with Gasteiger partial charge in [-0.25, -0.2) is 0 Å². The van der Waals surface area contributed by atoms with Crippen molar-refractivity contribution in [1.82, 2.24) is 0 Å². The van der Waals surface area contributed by atoms with Gasteiger partial charge in [-0.1, -0.05) is 30.3 Å². The van der Waals surface area contributed by atoms with Gasteiger partial charge in [0.05, 0.1) is 23.2 Å². The summed E-state index contributed by atoms with van der Waals surface area (Å²) in [6.45, 7) is 0.908. The Morgan fingerprint density at radius 1 is 1.17 bits per heavy atom. The largest absolute Gasteiger partial charge is 0.456 e. The van der Waals surface area contributed by atoms with Gasteiger partial charge in [-0.15, -0.1) is 0 Å². The monoisotopic (exact) mass is 252 g/mol. The van der Waals surface area contributed by atoms with Gasteiger partial charge in [-0.3, -0.25) is 25.0 Å². The van der Waals surface area contributed by atoms with Crippen molar-refractivity contribution in [2.45, 2.75) is 25.4 Å². The van der Waals surface area contributed by atoms with Gasteiger partial charge in [-0.2, -0.15) is 0 Å². The van der Waals surface area contributed by atoms with Crippen molar-refractivity contribution in [1.29, 1.82) is 0 Å². The normalized spacial score (nSPS) is 10.9. The topological polar surface area (TPSA) is 103 Å². The van der Waals surface area contributed by atoms with Crippen LogP contribution in [0.2, 0.25) is 0 Å². The van der Waals surface area contributed by atoms with E-state index in [0.29, 0.717) is 5.56 Å². The smallest absolute Gasteiger partial charge is 0.294 e. The minimum Gasteiger partial charge on any atom is -0.294 e. The molecule has 0 aliphatic rings. The average molecular weight is 252 g/mol. The lowest BCUT2D eigenvalue weighted by atomic mass is 10.0. The van der Waals surface area contributed by atoms with E-state index in [1.807, 2.05) is 0 Å². The van der Waals surface area contributed by atoms with Gasteiger partial charge in [0.15, 0.2) is 5.78 Å². The van der Waals surface area contributed by atoms with Crippen LogP contribution in [0.5, 0.6) is 0 Å². The number of ketones is 1. The van der Waals surface area contributed by atoms with Gasteiger partial charge in [0.2, 0.25) is 0 Å². The van der Waals surface area contributed by atoms with Gasteiger partial charge >= 0.3 is 5.66 Å². The first-order valence-corrected chi connectivity index (χ1v) is 5.25. The quantitative estimate of drug-likeness (QED) is 0.333. The van der Waals surface area contributed by atoms with E-state index in [1.165, 1.54) is 0 Å². The van der Waals surface area contributed by atoms with E-state index in [2.05, 4.69) is 0 Å². The van der Waals surface area contributed by atoms with E-state index in [1.54, 1.807) is 30.3 Å². The highest BCUT2D eigenvalue weighted by molar-refractivity contribution is 5.95. The van der Waals surface area contributed by atoms with E-state index in [9.17, 15) is 25.0 Å². The van der Waals surface area contributed by atoms with Crippen molar-refractivity contribution >= 4 is 5.78 Å². The molecule has 0 saturated carbocycles. The fraction of sp³-hybridized carbons (Fsp3) is 0.364. The number of benzene rings is 1. The standard InChI is InChI=1S/C11H12N2O5/c1-11(12(15)16,13(17)18)8-7-10(14)9-5-3-2-4-6-9/h2-6H,7-8H2,1H3. The zero-order valence-corrected chi connectivity index (χ0v) is 9.74. The molecule has 1 rings (SSSR count). The van der Waals surface area contributed by atoms with Crippen LogP contribution in [0, 0.1) is 20.2 Å². The van der Waals surface area contributed by atoms with E-state index in [4.69, 9.17) is 0 Å². The molecule has 0 bridgehead atoms. The third-order valence-electron chi connectivity index (χ3n) is 2.71. The molecule has 0 aliphatic carbocycles. The minimum absolute atomic E-state index is 0.234. The summed E-state index contributed by atoms with van der Waals surface area (Å²) in [5.74, 6) is -0.342. The molecule has 0 spiro atoms. The number of nitro groups is 2. The van der Waals surface area contributed by atoms with Gasteiger partial charge in [0, 0.05) is 12.0 Å². The molecule has 96 valence electrons. The van der Waals surface area contributed by atoms with Crippen molar-refractivity contribution in [2.75, 3.05) is 0 Å². The molecule has 0 saturated heterocycles. The zero-order chi connectivity index (χ0) is 13.8. The molecule has 1 aromatic carbocycles. The summed E-state index contributed by atoms with van der Waals surface area (Å²) in [5, 5.41) is 21.3. The molecule has 0 aliphatic heterocycles. The van der Waals surface area contributed by atoms with Gasteiger partial charge in [0.1, 0.15) is 0 Å². The van der Waals surface area contributed by atoms with E-state index in [-0.39, 0.29) is 12.2 Å². The summed E-state index contributed by atoms with van der Waals surface area (Å²) >= 11 is 0. The van der Waals surface area contributed by atoms with Crippen LogP contribution in [-0.2, 0) is 0 Å². The predicted octanol–water partition coefficient (Wildman–Crippen LogP) is 1.92. The Morgan fingerprint density at radius 3 is 2.11 bits per heavy atom. The molecule has 0 heterocycles. The highest BCUT2D eigenvalue weighted by Gasteiger charge is 2.50. The Balaban J connectivity index is 2.73. The zero-order valence-electron chi connectivity index (χ0n) is 9.74. The first-order valence-electron chi connectivity index (χ1n) is 5.25. The number of carbonyl (C=O) groups excluding carboxylic acids is 1. The fourth-order valence-electron chi connectivity index (χ4n) is 1.37. The minimum atomic E-state index is -2.32. The Labute approximate surface area is 103 Å². The maximum atomic E-state index is 11.7. The molecule has 18 heavy (non-hydrogen) atoms. The number of hydrogen-bond acceptors (Lipinski definition) is 5. The lowest BCUT2D eigenvalue weighted by Crippen LogP contribution is -2.43. The molecule has 0 N–H and O–H groups in total. The van der Waals surface area contributed by atoms with E-state index >= 15 is 0 Å². The Hall–Kier alpha value is -2.31. The molecule has 7 heteroatoms. The summed E-state index contributed by atoms with van der Waals surface area (Å²) in [7, 11) is 0. The second kappa shape index (κ2) is 5.35. The van der Waals surface area contributed by atoms with Crippen LogP contribution in [0.4, 0.5) is 0 Å². The van der Waals surface area contributed by atoms with Crippen LogP contribution < -0.4 is 0 Å². The van der Waals surface area contributed by atoms with Crippen LogP contribution in [0.25, 0.3) is 0 Å². The second-order valence-corrected chi connectivity index (χ2v) is 4.02. The third-order valence-corrected chi connectivity index (χ3v) is 2.71. The summed E-state index contributed by atoms with van der Waals surface area (Å²) in [4.78, 5) is 31.1. The van der Waals surface area contributed by atoms with Crippen molar-refractivity contribution < 1.29 is 14.6 Å². The SMILES string of the molecule is CC(CCC(=O)c1ccccc1)([N+](=O)[O-])[N+](=O)[O-]. The third kappa shape index (κ3) is 2.88. The highest BCUT2D eigenvalue weighted by Crippen LogP contribution is 2.19. The first kappa shape index (κ1) is 13.8. The maximum absolute atomic E-state index is 11.7. The summed E-state index contributed by atoms with van der Waals surface area (Å²) in [5.41, 5.74) is -1.92. The van der Waals surface area contributed by atoms with Gasteiger partial charge in [0.25, 0.3) is 0 Å². The number of rotatable bonds is 6. The van der Waals surface area contributed by atoms with Crippen molar-refractivity contribution in [3.63, 3.8) is 0 Å². The lowest BCUT2D eigenvalue weighted by molar-refractivity contribution is -0.792. The van der Waals surface area contributed by atoms with Crippen LogP contribution >= 0.6 is 0 Å². The molecular weight excluding hydrogens is 240 g/mol. The van der Waals surface area contributed by atoms with Crippen LogP contribution in [-0.4, -0.2) is 21.3 Å². The van der Waals surface area contributed by atoms with Crippen molar-refractivity contribution in [3.8, 4) is 0 Å². The first-order chi connectivity index (χ1) is 8.38. The van der Waals surface area contributed by atoms with Crippen LogP contribution in [0.3, 0.4) is 0 Å². The van der Waals surface area contributed by atoms with Gasteiger partial charge in [-0.05, 0) is 0 Å².